The van der Waals surface area contributed by atoms with E-state index in [0.29, 0.717) is 19.4 Å². The van der Waals surface area contributed by atoms with E-state index in [1.165, 1.54) is 6.92 Å². The Morgan fingerprint density at radius 1 is 0.967 bits per heavy atom. The lowest BCUT2D eigenvalue weighted by Crippen LogP contribution is -2.62. The Morgan fingerprint density at radius 2 is 1.53 bits per heavy atom. The SMILES string of the molecule is CC(C)[C@H](NC(=O)[C@H](C)NC(=O)OC(C)(C)C)C(=O)N[C@@H](CCCCN)[B-](O)(O)O. The first-order valence-corrected chi connectivity index (χ1v) is 10.2. The molecule has 176 valence electrons. The second-order valence-corrected chi connectivity index (χ2v) is 8.79. The van der Waals surface area contributed by atoms with Crippen LogP contribution in [0, 0.1) is 5.92 Å². The summed E-state index contributed by atoms with van der Waals surface area (Å²) in [5, 5.41) is 36.1. The van der Waals surface area contributed by atoms with Crippen molar-refractivity contribution in [2.24, 2.45) is 11.7 Å². The number of carbonyl (C=O) groups excluding carboxylic acids is 3. The van der Waals surface area contributed by atoms with E-state index in [1.807, 2.05) is 0 Å². The van der Waals surface area contributed by atoms with Crippen LogP contribution >= 0.6 is 0 Å². The fourth-order valence-electron chi connectivity index (χ4n) is 2.55. The van der Waals surface area contributed by atoms with Gasteiger partial charge in [-0.15, -0.1) is 0 Å². The number of hydrogen-bond acceptors (Lipinski definition) is 8. The Bertz CT molecular complexity index is 576. The van der Waals surface area contributed by atoms with E-state index in [9.17, 15) is 29.5 Å². The molecule has 0 aliphatic rings. The Morgan fingerprint density at radius 3 is 1.97 bits per heavy atom. The first-order valence-electron chi connectivity index (χ1n) is 10.2. The highest BCUT2D eigenvalue weighted by molar-refractivity contribution is 6.58. The number of alkyl carbamates (subject to hydrolysis) is 1. The summed E-state index contributed by atoms with van der Waals surface area (Å²) in [4.78, 5) is 36.9. The molecule has 3 amide bonds. The second kappa shape index (κ2) is 12.1. The third-order valence-corrected chi connectivity index (χ3v) is 4.21. The standard InChI is InChI=1S/C18H38BN4O7/c1-11(2)14(16(25)22-13(19(27,28)29)9-7-8-10-20)23-15(24)12(3)21-17(26)30-18(4,5)6/h11-14,27-29H,7-10,20H2,1-6H3,(H,21,26)(H,22,25)(H,23,24)/q-1/t12-,13-,14-/m0/s1. The molecule has 12 heteroatoms. The molecule has 0 spiro atoms. The molecule has 0 saturated heterocycles. The van der Waals surface area contributed by atoms with Crippen molar-refractivity contribution in [1.29, 1.82) is 0 Å². The van der Waals surface area contributed by atoms with Crippen molar-refractivity contribution in [1.82, 2.24) is 16.0 Å². The van der Waals surface area contributed by atoms with E-state index < -0.39 is 48.3 Å². The Hall–Kier alpha value is -1.89. The molecule has 0 aromatic carbocycles. The molecular weight excluding hydrogens is 395 g/mol. The van der Waals surface area contributed by atoms with Crippen molar-refractivity contribution in [3.63, 3.8) is 0 Å². The molecule has 8 N–H and O–H groups in total. The van der Waals surface area contributed by atoms with Crippen LogP contribution in [-0.4, -0.2) is 69.9 Å². The first-order chi connectivity index (χ1) is 13.6. The zero-order valence-electron chi connectivity index (χ0n) is 18.8. The number of carbonyl (C=O) groups is 3. The maximum Gasteiger partial charge on any atom is 0.408 e. The zero-order valence-corrected chi connectivity index (χ0v) is 18.8. The predicted octanol–water partition coefficient (Wildman–Crippen LogP) is -0.891. The Balaban J connectivity index is 5.06. The molecular formula is C18H38BN4O7-. The molecule has 0 fully saturated rings. The molecule has 0 rings (SSSR count). The Labute approximate surface area is 178 Å². The highest BCUT2D eigenvalue weighted by atomic mass is 16.6. The first kappa shape index (κ1) is 28.1. The third-order valence-electron chi connectivity index (χ3n) is 4.21. The molecule has 0 aliphatic carbocycles. The van der Waals surface area contributed by atoms with Crippen molar-refractivity contribution < 1.29 is 34.2 Å². The molecule has 11 nitrogen and oxygen atoms in total. The summed E-state index contributed by atoms with van der Waals surface area (Å²) in [6.45, 7) is 6.45. The van der Waals surface area contributed by atoms with Gasteiger partial charge in [-0.3, -0.25) is 9.59 Å². The lowest BCUT2D eigenvalue weighted by atomic mass is 9.67. The molecule has 3 atom stereocenters. The quantitative estimate of drug-likeness (QED) is 0.162. The minimum Gasteiger partial charge on any atom is -0.558 e. The van der Waals surface area contributed by atoms with E-state index in [1.54, 1.807) is 34.6 Å². The normalized spacial score (nSPS) is 15.2. The number of nitrogens with one attached hydrogen (secondary N) is 3. The monoisotopic (exact) mass is 433 g/mol. The summed E-state index contributed by atoms with van der Waals surface area (Å²) in [7, 11) is 0. The summed E-state index contributed by atoms with van der Waals surface area (Å²) in [5.74, 6) is -2.98. The van der Waals surface area contributed by atoms with Crippen LogP contribution in [0.15, 0.2) is 0 Å². The van der Waals surface area contributed by atoms with Gasteiger partial charge < -0.3 is 41.5 Å². The average molecular weight is 433 g/mol. The van der Waals surface area contributed by atoms with Crippen molar-refractivity contribution in [2.45, 2.75) is 84.4 Å². The van der Waals surface area contributed by atoms with E-state index in [2.05, 4.69) is 16.0 Å². The zero-order chi connectivity index (χ0) is 23.7. The molecule has 0 aromatic heterocycles. The number of rotatable bonds is 11. The van der Waals surface area contributed by atoms with Crippen LogP contribution in [0.3, 0.4) is 0 Å². The predicted molar refractivity (Wildman–Crippen MR) is 113 cm³/mol. The summed E-state index contributed by atoms with van der Waals surface area (Å²) < 4.78 is 5.10. The van der Waals surface area contributed by atoms with Crippen LogP contribution in [-0.2, 0) is 14.3 Å². The summed E-state index contributed by atoms with van der Waals surface area (Å²) in [6, 6.07) is -2.01. The molecule has 0 saturated carbocycles. The summed E-state index contributed by atoms with van der Waals surface area (Å²) in [6.07, 6.45) is 0.366. The van der Waals surface area contributed by atoms with E-state index in [0.717, 1.165) is 0 Å². The number of ether oxygens (including phenoxy) is 1. The maximum absolute atomic E-state index is 12.7. The van der Waals surface area contributed by atoms with E-state index in [-0.39, 0.29) is 12.3 Å². The molecule has 0 bridgehead atoms. The van der Waals surface area contributed by atoms with Gasteiger partial charge in [-0.1, -0.05) is 26.7 Å². The van der Waals surface area contributed by atoms with Gasteiger partial charge in [-0.05, 0) is 52.5 Å². The van der Waals surface area contributed by atoms with Gasteiger partial charge in [0.15, 0.2) is 0 Å². The van der Waals surface area contributed by atoms with Gasteiger partial charge in [0.25, 0.3) is 0 Å². The number of unbranched alkanes of at least 4 members (excludes halogenated alkanes) is 1. The molecule has 0 radical (unpaired) electrons. The number of nitrogens with two attached hydrogens (primary N) is 1. The van der Waals surface area contributed by atoms with Gasteiger partial charge in [0.1, 0.15) is 17.7 Å². The largest absolute Gasteiger partial charge is 0.558 e. The Kier molecular flexibility index (Phi) is 11.3. The van der Waals surface area contributed by atoms with Crippen LogP contribution in [0.2, 0.25) is 0 Å². The highest BCUT2D eigenvalue weighted by Gasteiger charge is 2.34. The van der Waals surface area contributed by atoms with Gasteiger partial charge >= 0.3 is 12.8 Å². The van der Waals surface area contributed by atoms with Gasteiger partial charge in [-0.2, -0.15) is 0 Å². The molecule has 0 heterocycles. The third kappa shape index (κ3) is 11.3. The van der Waals surface area contributed by atoms with Gasteiger partial charge in [0.2, 0.25) is 11.8 Å². The van der Waals surface area contributed by atoms with E-state index in [4.69, 9.17) is 10.5 Å². The van der Waals surface area contributed by atoms with Crippen LogP contribution in [0.4, 0.5) is 4.79 Å². The number of hydrogen-bond donors (Lipinski definition) is 7. The van der Waals surface area contributed by atoms with Gasteiger partial charge in [0.05, 0.1) is 0 Å². The van der Waals surface area contributed by atoms with Crippen molar-refractivity contribution in [2.75, 3.05) is 6.54 Å². The van der Waals surface area contributed by atoms with Crippen LogP contribution in [0.1, 0.15) is 60.8 Å². The number of amides is 3. The van der Waals surface area contributed by atoms with Crippen LogP contribution in [0.5, 0.6) is 0 Å². The minimum absolute atomic E-state index is 0.0990. The van der Waals surface area contributed by atoms with Crippen molar-refractivity contribution in [3.8, 4) is 0 Å². The average Bonchev–Trinajstić information content (AvgIpc) is 2.55. The molecule has 0 unspecified atom stereocenters. The molecule has 30 heavy (non-hydrogen) atoms. The molecule has 0 aromatic rings. The highest BCUT2D eigenvalue weighted by Crippen LogP contribution is 2.10. The topological polar surface area (TPSA) is 183 Å². The van der Waals surface area contributed by atoms with Gasteiger partial charge in [0, 0.05) is 0 Å². The lowest BCUT2D eigenvalue weighted by Gasteiger charge is -2.34. The van der Waals surface area contributed by atoms with E-state index >= 15 is 0 Å². The fraction of sp³-hybridized carbons (Fsp3) is 0.833. The summed E-state index contributed by atoms with van der Waals surface area (Å²) >= 11 is 0. The lowest BCUT2D eigenvalue weighted by molar-refractivity contribution is -0.131. The smallest absolute Gasteiger partial charge is 0.408 e. The van der Waals surface area contributed by atoms with Gasteiger partial charge in [-0.25, -0.2) is 4.79 Å². The fourth-order valence-corrected chi connectivity index (χ4v) is 2.55. The summed E-state index contributed by atoms with van der Waals surface area (Å²) in [5.41, 5.74) is 4.68. The second-order valence-electron chi connectivity index (χ2n) is 8.79. The van der Waals surface area contributed by atoms with Crippen molar-refractivity contribution >= 4 is 24.7 Å². The molecule has 0 aliphatic heterocycles. The minimum atomic E-state index is -3.81. The van der Waals surface area contributed by atoms with Crippen LogP contribution < -0.4 is 21.7 Å². The van der Waals surface area contributed by atoms with Crippen molar-refractivity contribution in [3.05, 3.63) is 0 Å². The maximum atomic E-state index is 12.7. The van der Waals surface area contributed by atoms with Crippen LogP contribution in [0.25, 0.3) is 0 Å².